The van der Waals surface area contributed by atoms with Gasteiger partial charge < -0.3 is 9.73 Å². The van der Waals surface area contributed by atoms with Gasteiger partial charge in [-0.2, -0.15) is 4.80 Å². The maximum atomic E-state index is 12.4. The summed E-state index contributed by atoms with van der Waals surface area (Å²) in [4.78, 5) is 14.0. The molecular weight excluding hydrogens is 471 g/mol. The number of rotatable bonds is 5. The first-order chi connectivity index (χ1) is 16.4. The molecule has 2 heterocycles. The Labute approximate surface area is 205 Å². The maximum absolute atomic E-state index is 12.4. The van der Waals surface area contributed by atoms with E-state index in [0.717, 1.165) is 22.3 Å². The molecule has 0 aliphatic rings. The van der Waals surface area contributed by atoms with Gasteiger partial charge in [-0.05, 0) is 73.7 Å². The lowest BCUT2D eigenvalue weighted by atomic mass is 10.2. The van der Waals surface area contributed by atoms with Gasteiger partial charge in [-0.1, -0.05) is 40.9 Å². The highest BCUT2D eigenvalue weighted by Crippen LogP contribution is 2.31. The molecule has 0 radical (unpaired) electrons. The minimum absolute atomic E-state index is 0.298. The number of furan rings is 1. The van der Waals surface area contributed by atoms with E-state index in [1.54, 1.807) is 53.3 Å². The highest BCUT2D eigenvalue weighted by atomic mass is 35.5. The lowest BCUT2D eigenvalue weighted by molar-refractivity contribution is -0.111. The summed E-state index contributed by atoms with van der Waals surface area (Å²) in [6.45, 7) is 2.03. The summed E-state index contributed by atoms with van der Waals surface area (Å²) in [6, 6.07) is 22.1. The average molecular weight is 489 g/mol. The van der Waals surface area contributed by atoms with E-state index in [4.69, 9.17) is 27.6 Å². The lowest BCUT2D eigenvalue weighted by Gasteiger charge is -2.01. The van der Waals surface area contributed by atoms with E-state index in [1.807, 2.05) is 37.3 Å². The third-order valence-corrected chi connectivity index (χ3v) is 5.68. The van der Waals surface area contributed by atoms with Crippen molar-refractivity contribution < 1.29 is 9.21 Å². The van der Waals surface area contributed by atoms with Crippen molar-refractivity contribution in [1.82, 2.24) is 15.0 Å². The third kappa shape index (κ3) is 4.73. The third-order valence-electron chi connectivity index (χ3n) is 5.14. The van der Waals surface area contributed by atoms with E-state index >= 15 is 0 Å². The van der Waals surface area contributed by atoms with Gasteiger partial charge in [0.2, 0.25) is 5.91 Å². The van der Waals surface area contributed by atoms with Crippen LogP contribution in [0.4, 0.5) is 5.69 Å². The monoisotopic (exact) mass is 488 g/mol. The van der Waals surface area contributed by atoms with Gasteiger partial charge in [0.25, 0.3) is 0 Å². The standard InChI is InChI=1S/C26H18Cl2N4O2/c1-16-2-6-19(7-3-16)32-30-23-11-5-18(15-24(23)31-32)29-26(33)13-9-20-8-12-25(34-20)21-10-4-17(27)14-22(21)28/h2-15H,1H3,(H,29,33). The fraction of sp³-hybridized carbons (Fsp3) is 0.0385. The molecule has 5 rings (SSSR count). The van der Waals surface area contributed by atoms with Gasteiger partial charge >= 0.3 is 0 Å². The smallest absolute Gasteiger partial charge is 0.248 e. The molecule has 0 fully saturated rings. The predicted octanol–water partition coefficient (Wildman–Crippen LogP) is 6.95. The number of halogens is 2. The van der Waals surface area contributed by atoms with E-state index in [2.05, 4.69) is 15.5 Å². The molecule has 0 unspecified atom stereocenters. The molecule has 1 amide bonds. The summed E-state index contributed by atoms with van der Waals surface area (Å²) in [7, 11) is 0. The number of carbonyl (C=O) groups excluding carboxylic acids is 1. The highest BCUT2D eigenvalue weighted by molar-refractivity contribution is 6.36. The van der Waals surface area contributed by atoms with Gasteiger partial charge in [-0.25, -0.2) is 0 Å². The zero-order chi connectivity index (χ0) is 23.7. The Hall–Kier alpha value is -3.87. The molecule has 168 valence electrons. The van der Waals surface area contributed by atoms with Gasteiger partial charge in [-0.3, -0.25) is 4.79 Å². The molecule has 0 saturated carbocycles. The Bertz CT molecular complexity index is 1530. The van der Waals surface area contributed by atoms with Crippen molar-refractivity contribution in [2.45, 2.75) is 6.92 Å². The zero-order valence-electron chi connectivity index (χ0n) is 18.0. The van der Waals surface area contributed by atoms with Crippen LogP contribution in [0.3, 0.4) is 0 Å². The Morgan fingerprint density at radius 3 is 2.53 bits per heavy atom. The first-order valence-electron chi connectivity index (χ1n) is 10.4. The van der Waals surface area contributed by atoms with Crippen LogP contribution in [0.2, 0.25) is 10.0 Å². The second-order valence-corrected chi connectivity index (χ2v) is 8.52. The minimum Gasteiger partial charge on any atom is -0.457 e. The Morgan fingerprint density at radius 1 is 0.941 bits per heavy atom. The first-order valence-corrected chi connectivity index (χ1v) is 11.2. The van der Waals surface area contributed by atoms with Crippen molar-refractivity contribution in [3.05, 3.63) is 100 Å². The van der Waals surface area contributed by atoms with Crippen LogP contribution in [0, 0.1) is 6.92 Å². The van der Waals surface area contributed by atoms with Crippen LogP contribution in [-0.4, -0.2) is 20.9 Å². The van der Waals surface area contributed by atoms with Crippen LogP contribution in [0.15, 0.2) is 83.3 Å². The average Bonchev–Trinajstić information content (AvgIpc) is 3.45. The number of amides is 1. The molecule has 34 heavy (non-hydrogen) atoms. The molecule has 0 aliphatic carbocycles. The molecule has 2 aromatic heterocycles. The molecule has 0 bridgehead atoms. The van der Waals surface area contributed by atoms with Crippen molar-refractivity contribution in [2.24, 2.45) is 0 Å². The highest BCUT2D eigenvalue weighted by Gasteiger charge is 2.09. The number of nitrogens with zero attached hydrogens (tertiary/aromatic N) is 3. The fourth-order valence-corrected chi connectivity index (χ4v) is 3.91. The fourth-order valence-electron chi connectivity index (χ4n) is 3.40. The maximum Gasteiger partial charge on any atom is 0.248 e. The molecule has 0 atom stereocenters. The van der Waals surface area contributed by atoms with E-state index in [1.165, 1.54) is 6.08 Å². The van der Waals surface area contributed by atoms with Crippen LogP contribution in [-0.2, 0) is 4.79 Å². The van der Waals surface area contributed by atoms with Gasteiger partial charge in [0.15, 0.2) is 0 Å². The Kier molecular flexibility index (Phi) is 5.92. The topological polar surface area (TPSA) is 73.0 Å². The van der Waals surface area contributed by atoms with E-state index < -0.39 is 0 Å². The Balaban J connectivity index is 1.28. The number of aryl methyl sites for hydroxylation is 1. The van der Waals surface area contributed by atoms with Crippen molar-refractivity contribution in [3.63, 3.8) is 0 Å². The SMILES string of the molecule is Cc1ccc(-n2nc3ccc(NC(=O)C=Cc4ccc(-c5ccc(Cl)cc5Cl)o4)cc3n2)cc1. The molecule has 8 heteroatoms. The normalized spacial score (nSPS) is 11.4. The zero-order valence-corrected chi connectivity index (χ0v) is 19.5. The second-order valence-electron chi connectivity index (χ2n) is 7.68. The molecule has 0 spiro atoms. The van der Waals surface area contributed by atoms with E-state index in [-0.39, 0.29) is 5.91 Å². The molecule has 0 aliphatic heterocycles. The number of benzene rings is 3. The number of carbonyl (C=O) groups is 1. The van der Waals surface area contributed by atoms with Crippen molar-refractivity contribution in [3.8, 4) is 17.0 Å². The van der Waals surface area contributed by atoms with Crippen LogP contribution in [0.5, 0.6) is 0 Å². The summed E-state index contributed by atoms with van der Waals surface area (Å²) in [5.41, 5.74) is 4.79. The van der Waals surface area contributed by atoms with Crippen LogP contribution >= 0.6 is 23.2 Å². The molecule has 1 N–H and O–H groups in total. The number of hydrogen-bond donors (Lipinski definition) is 1. The van der Waals surface area contributed by atoms with Crippen molar-refractivity contribution in [1.29, 1.82) is 0 Å². The molecular formula is C26H18Cl2N4O2. The van der Waals surface area contributed by atoms with Crippen molar-refractivity contribution >= 4 is 51.9 Å². The predicted molar refractivity (Wildman–Crippen MR) is 135 cm³/mol. The second kappa shape index (κ2) is 9.17. The quantitative estimate of drug-likeness (QED) is 0.271. The van der Waals surface area contributed by atoms with E-state index in [9.17, 15) is 4.79 Å². The first kappa shape index (κ1) is 21.9. The van der Waals surface area contributed by atoms with Crippen LogP contribution in [0.25, 0.3) is 34.1 Å². The Morgan fingerprint density at radius 2 is 1.74 bits per heavy atom. The molecule has 5 aromatic rings. The largest absolute Gasteiger partial charge is 0.457 e. The van der Waals surface area contributed by atoms with Crippen LogP contribution in [0.1, 0.15) is 11.3 Å². The minimum atomic E-state index is -0.298. The summed E-state index contributed by atoms with van der Waals surface area (Å²) in [5.74, 6) is 0.809. The number of hydrogen-bond acceptors (Lipinski definition) is 4. The van der Waals surface area contributed by atoms with Crippen molar-refractivity contribution in [2.75, 3.05) is 5.32 Å². The van der Waals surface area contributed by atoms with Crippen LogP contribution < -0.4 is 5.32 Å². The number of anilines is 1. The summed E-state index contributed by atoms with van der Waals surface area (Å²) < 4.78 is 5.79. The van der Waals surface area contributed by atoms with Gasteiger partial charge in [0.05, 0.1) is 10.7 Å². The van der Waals surface area contributed by atoms with Gasteiger partial charge in [-0.15, -0.1) is 10.2 Å². The number of nitrogens with one attached hydrogen (secondary N) is 1. The summed E-state index contributed by atoms with van der Waals surface area (Å²) in [6.07, 6.45) is 2.99. The van der Waals surface area contributed by atoms with Gasteiger partial charge in [0.1, 0.15) is 22.6 Å². The van der Waals surface area contributed by atoms with E-state index in [0.29, 0.717) is 32.8 Å². The molecule has 0 saturated heterocycles. The molecule has 6 nitrogen and oxygen atoms in total. The summed E-state index contributed by atoms with van der Waals surface area (Å²) in [5, 5.41) is 12.9. The summed E-state index contributed by atoms with van der Waals surface area (Å²) >= 11 is 12.2. The number of fused-ring (bicyclic) bond motifs is 1. The lowest BCUT2D eigenvalue weighted by Crippen LogP contribution is -2.07. The molecule has 3 aromatic carbocycles. The van der Waals surface area contributed by atoms with Gasteiger partial charge in [0, 0.05) is 22.3 Å². The number of aromatic nitrogens is 3.